The highest BCUT2D eigenvalue weighted by Gasteiger charge is 2.20. The van der Waals surface area contributed by atoms with Crippen molar-refractivity contribution in [3.63, 3.8) is 0 Å². The fraction of sp³-hybridized carbons (Fsp3) is 0.200. The van der Waals surface area contributed by atoms with Gasteiger partial charge in [0.25, 0.3) is 0 Å². The largest absolute Gasteiger partial charge is 0.494 e. The van der Waals surface area contributed by atoms with Gasteiger partial charge in [0.05, 0.1) is 13.2 Å². The molecule has 0 aliphatic heterocycles. The highest BCUT2D eigenvalue weighted by Crippen LogP contribution is 2.32. The zero-order valence-electron chi connectivity index (χ0n) is 11.1. The van der Waals surface area contributed by atoms with Crippen molar-refractivity contribution in [2.24, 2.45) is 0 Å². The van der Waals surface area contributed by atoms with Gasteiger partial charge in [0.2, 0.25) is 0 Å². The normalized spacial score (nSPS) is 12.2. The molecule has 0 saturated heterocycles. The van der Waals surface area contributed by atoms with Crippen molar-refractivity contribution in [1.29, 1.82) is 0 Å². The van der Waals surface area contributed by atoms with Crippen molar-refractivity contribution in [2.75, 3.05) is 14.2 Å². The maximum absolute atomic E-state index is 14.0. The lowest BCUT2D eigenvalue weighted by atomic mass is 9.98. The maximum Gasteiger partial charge on any atom is 0.165 e. The fourth-order valence-electron chi connectivity index (χ4n) is 2.13. The zero-order valence-corrected chi connectivity index (χ0v) is 11.8. The summed E-state index contributed by atoms with van der Waals surface area (Å²) in [6.07, 6.45) is 0. The van der Waals surface area contributed by atoms with Crippen LogP contribution >= 0.6 is 11.6 Å². The monoisotopic (exact) mass is 297 g/mol. The van der Waals surface area contributed by atoms with E-state index < -0.39 is 17.7 Å². The number of halogens is 3. The lowest BCUT2D eigenvalue weighted by molar-refractivity contribution is 0.386. The second-order valence-corrected chi connectivity index (χ2v) is 4.66. The summed E-state index contributed by atoms with van der Waals surface area (Å²) in [6, 6.07) is 8.40. The zero-order chi connectivity index (χ0) is 14.7. The molecular weight excluding hydrogens is 284 g/mol. The summed E-state index contributed by atoms with van der Waals surface area (Å²) in [5.74, 6) is -0.797. The van der Waals surface area contributed by atoms with Crippen LogP contribution in [0.4, 0.5) is 8.78 Å². The van der Waals surface area contributed by atoms with Crippen molar-refractivity contribution in [2.45, 2.75) is 6.04 Å². The topological polar surface area (TPSA) is 21.3 Å². The van der Waals surface area contributed by atoms with E-state index in [2.05, 4.69) is 5.32 Å². The highest BCUT2D eigenvalue weighted by atomic mass is 35.5. The molecule has 0 fully saturated rings. The van der Waals surface area contributed by atoms with E-state index in [4.69, 9.17) is 16.3 Å². The van der Waals surface area contributed by atoms with Crippen molar-refractivity contribution in [1.82, 2.24) is 5.32 Å². The van der Waals surface area contributed by atoms with E-state index in [1.54, 1.807) is 19.2 Å². The van der Waals surface area contributed by atoms with E-state index in [0.29, 0.717) is 16.1 Å². The summed E-state index contributed by atoms with van der Waals surface area (Å²) >= 11 is 6.05. The second kappa shape index (κ2) is 6.20. The first-order valence-electron chi connectivity index (χ1n) is 6.03. The molecule has 0 spiro atoms. The van der Waals surface area contributed by atoms with Crippen LogP contribution in [0, 0.1) is 11.6 Å². The van der Waals surface area contributed by atoms with E-state index >= 15 is 0 Å². The Labute approximate surface area is 121 Å². The maximum atomic E-state index is 14.0. The Morgan fingerprint density at radius 1 is 1.15 bits per heavy atom. The molecule has 2 rings (SSSR count). The first kappa shape index (κ1) is 14.8. The molecule has 106 valence electrons. The van der Waals surface area contributed by atoms with Crippen molar-refractivity contribution in [3.8, 4) is 5.75 Å². The minimum absolute atomic E-state index is 0.142. The van der Waals surface area contributed by atoms with Gasteiger partial charge in [-0.1, -0.05) is 23.7 Å². The Morgan fingerprint density at radius 2 is 1.90 bits per heavy atom. The Kier molecular flexibility index (Phi) is 4.57. The van der Waals surface area contributed by atoms with Crippen LogP contribution in [0.3, 0.4) is 0 Å². The molecule has 0 bridgehead atoms. The van der Waals surface area contributed by atoms with Crippen LogP contribution < -0.4 is 10.1 Å². The molecule has 20 heavy (non-hydrogen) atoms. The third kappa shape index (κ3) is 2.76. The lowest BCUT2D eigenvalue weighted by Gasteiger charge is -2.19. The number of nitrogens with one attached hydrogen (secondary N) is 1. The van der Waals surface area contributed by atoms with E-state index in [1.807, 2.05) is 0 Å². The minimum Gasteiger partial charge on any atom is -0.494 e. The second-order valence-electron chi connectivity index (χ2n) is 4.25. The molecule has 1 unspecified atom stereocenters. The van der Waals surface area contributed by atoms with Crippen molar-refractivity contribution < 1.29 is 13.5 Å². The summed E-state index contributed by atoms with van der Waals surface area (Å²) in [5, 5.41) is 3.24. The molecule has 0 heterocycles. The summed E-state index contributed by atoms with van der Waals surface area (Å²) in [6.45, 7) is 0. The van der Waals surface area contributed by atoms with E-state index in [9.17, 15) is 8.78 Å². The number of rotatable bonds is 4. The minimum atomic E-state index is -0.538. The van der Waals surface area contributed by atoms with Crippen LogP contribution in [-0.4, -0.2) is 14.2 Å². The molecule has 2 nitrogen and oxygen atoms in total. The molecule has 0 saturated carbocycles. The molecule has 0 radical (unpaired) electrons. The highest BCUT2D eigenvalue weighted by molar-refractivity contribution is 6.31. The van der Waals surface area contributed by atoms with Crippen LogP contribution in [0.5, 0.6) is 5.75 Å². The quantitative estimate of drug-likeness (QED) is 0.923. The van der Waals surface area contributed by atoms with Gasteiger partial charge < -0.3 is 10.1 Å². The number of hydrogen-bond acceptors (Lipinski definition) is 2. The molecule has 0 amide bonds. The van der Waals surface area contributed by atoms with Crippen LogP contribution in [0.15, 0.2) is 36.4 Å². The molecule has 2 aromatic carbocycles. The predicted octanol–water partition coefficient (Wildman–Crippen LogP) is 3.94. The summed E-state index contributed by atoms with van der Waals surface area (Å²) in [7, 11) is 3.05. The summed E-state index contributed by atoms with van der Waals surface area (Å²) in [4.78, 5) is 0. The first-order valence-corrected chi connectivity index (χ1v) is 6.41. The average molecular weight is 298 g/mol. The van der Waals surface area contributed by atoms with Gasteiger partial charge in [-0.15, -0.1) is 0 Å². The fourth-order valence-corrected chi connectivity index (χ4v) is 2.40. The van der Waals surface area contributed by atoms with Gasteiger partial charge >= 0.3 is 0 Å². The van der Waals surface area contributed by atoms with Crippen molar-refractivity contribution in [3.05, 3.63) is 64.2 Å². The summed E-state index contributed by atoms with van der Waals surface area (Å²) < 4.78 is 32.6. The summed E-state index contributed by atoms with van der Waals surface area (Å²) in [5.41, 5.74) is 0.860. The van der Waals surface area contributed by atoms with Gasteiger partial charge in [0.1, 0.15) is 5.82 Å². The standard InChI is InChI=1S/C15H14ClF2NO/c1-19-15(14-10(16)4-3-5-11(14)17)9-6-7-13(20-2)12(18)8-9/h3-8,15,19H,1-2H3. The molecule has 0 aromatic heterocycles. The third-order valence-electron chi connectivity index (χ3n) is 3.09. The molecule has 1 atom stereocenters. The predicted molar refractivity (Wildman–Crippen MR) is 75.3 cm³/mol. The number of ether oxygens (including phenoxy) is 1. The van der Waals surface area contributed by atoms with Crippen LogP contribution in [0.2, 0.25) is 5.02 Å². The number of hydrogen-bond donors (Lipinski definition) is 1. The number of methoxy groups -OCH3 is 1. The SMILES string of the molecule is CNC(c1ccc(OC)c(F)c1)c1c(F)cccc1Cl. The van der Waals surface area contributed by atoms with Gasteiger partial charge in [-0.25, -0.2) is 8.78 Å². The Balaban J connectivity index is 2.50. The third-order valence-corrected chi connectivity index (χ3v) is 3.42. The van der Waals surface area contributed by atoms with Gasteiger partial charge in [0, 0.05) is 10.6 Å². The van der Waals surface area contributed by atoms with Crippen LogP contribution in [0.25, 0.3) is 0 Å². The molecule has 2 aromatic rings. The van der Waals surface area contributed by atoms with Gasteiger partial charge in [0.15, 0.2) is 11.6 Å². The van der Waals surface area contributed by atoms with Gasteiger partial charge in [-0.2, -0.15) is 0 Å². The molecule has 5 heteroatoms. The van der Waals surface area contributed by atoms with Gasteiger partial charge in [-0.3, -0.25) is 0 Å². The van der Waals surface area contributed by atoms with Crippen LogP contribution in [-0.2, 0) is 0 Å². The lowest BCUT2D eigenvalue weighted by Crippen LogP contribution is -2.19. The van der Waals surface area contributed by atoms with E-state index in [0.717, 1.165) is 0 Å². The molecule has 0 aliphatic carbocycles. The first-order chi connectivity index (χ1) is 9.58. The Bertz CT molecular complexity index is 599. The number of benzene rings is 2. The Hall–Kier alpha value is -1.65. The van der Waals surface area contributed by atoms with E-state index in [-0.39, 0.29) is 5.75 Å². The molecular formula is C15H14ClF2NO. The average Bonchev–Trinajstić information content (AvgIpc) is 2.43. The van der Waals surface area contributed by atoms with E-state index in [1.165, 1.54) is 31.4 Å². The van der Waals surface area contributed by atoms with Crippen molar-refractivity contribution >= 4 is 11.6 Å². The smallest absolute Gasteiger partial charge is 0.165 e. The molecule has 0 aliphatic rings. The van der Waals surface area contributed by atoms with Gasteiger partial charge in [-0.05, 0) is 36.9 Å². The molecule has 1 N–H and O–H groups in total. The Morgan fingerprint density at radius 3 is 2.45 bits per heavy atom. The van der Waals surface area contributed by atoms with Crippen LogP contribution in [0.1, 0.15) is 17.2 Å².